The SMILES string of the molecule is COc1cccc(C(=O)[C@@H]2C(c3cc(OC)ccc3OC)=NO[C@]23C(=O)Nc2ccccc23)c1. The third-order valence-electron chi connectivity index (χ3n) is 6.18. The Morgan fingerprint density at radius 3 is 2.47 bits per heavy atom. The van der Waals surface area contributed by atoms with Gasteiger partial charge in [-0.15, -0.1) is 0 Å². The lowest BCUT2D eigenvalue weighted by Gasteiger charge is -2.27. The molecule has 0 unspecified atom stereocenters. The van der Waals surface area contributed by atoms with E-state index < -0.39 is 17.4 Å². The summed E-state index contributed by atoms with van der Waals surface area (Å²) in [7, 11) is 4.59. The van der Waals surface area contributed by atoms with Gasteiger partial charge in [0.2, 0.25) is 0 Å². The molecule has 172 valence electrons. The van der Waals surface area contributed by atoms with Crippen LogP contribution in [0.25, 0.3) is 0 Å². The molecule has 1 amide bonds. The molecule has 0 radical (unpaired) electrons. The van der Waals surface area contributed by atoms with Crippen LogP contribution in [-0.4, -0.2) is 38.7 Å². The summed E-state index contributed by atoms with van der Waals surface area (Å²) in [6.45, 7) is 0. The van der Waals surface area contributed by atoms with Gasteiger partial charge in [-0.25, -0.2) is 0 Å². The van der Waals surface area contributed by atoms with Crippen molar-refractivity contribution in [2.24, 2.45) is 11.1 Å². The lowest BCUT2D eigenvalue weighted by atomic mass is 9.74. The molecule has 0 saturated heterocycles. The van der Waals surface area contributed by atoms with E-state index in [9.17, 15) is 9.59 Å². The lowest BCUT2D eigenvalue weighted by molar-refractivity contribution is -0.140. The minimum absolute atomic E-state index is 0.274. The first-order valence-corrected chi connectivity index (χ1v) is 10.6. The van der Waals surface area contributed by atoms with Gasteiger partial charge in [0.05, 0.1) is 21.3 Å². The van der Waals surface area contributed by atoms with Crippen LogP contribution in [0, 0.1) is 5.92 Å². The predicted octanol–water partition coefficient (Wildman–Crippen LogP) is 3.79. The van der Waals surface area contributed by atoms with Crippen LogP contribution < -0.4 is 19.5 Å². The third-order valence-corrected chi connectivity index (χ3v) is 6.18. The number of hydrogen-bond acceptors (Lipinski definition) is 7. The van der Waals surface area contributed by atoms with Gasteiger partial charge in [0.25, 0.3) is 11.5 Å². The first kappa shape index (κ1) is 21.5. The molecular weight excluding hydrogens is 436 g/mol. The van der Waals surface area contributed by atoms with Crippen molar-refractivity contribution < 1.29 is 28.6 Å². The summed E-state index contributed by atoms with van der Waals surface area (Å²) >= 11 is 0. The van der Waals surface area contributed by atoms with Crippen molar-refractivity contribution in [3.63, 3.8) is 0 Å². The topological polar surface area (TPSA) is 95.5 Å². The maximum absolute atomic E-state index is 14.1. The summed E-state index contributed by atoms with van der Waals surface area (Å²) in [5.74, 6) is -0.363. The molecule has 0 fully saturated rings. The van der Waals surface area contributed by atoms with E-state index in [0.717, 1.165) is 0 Å². The normalized spacial score (nSPS) is 20.3. The molecule has 1 spiro atoms. The summed E-state index contributed by atoms with van der Waals surface area (Å²) in [4.78, 5) is 33.5. The van der Waals surface area contributed by atoms with Gasteiger partial charge in [0.1, 0.15) is 28.9 Å². The maximum Gasteiger partial charge on any atom is 0.277 e. The zero-order valence-corrected chi connectivity index (χ0v) is 18.8. The van der Waals surface area contributed by atoms with Crippen molar-refractivity contribution in [2.75, 3.05) is 26.6 Å². The van der Waals surface area contributed by atoms with Crippen molar-refractivity contribution in [1.29, 1.82) is 0 Å². The van der Waals surface area contributed by atoms with Crippen LogP contribution >= 0.6 is 0 Å². The number of methoxy groups -OCH3 is 3. The number of nitrogens with one attached hydrogen (secondary N) is 1. The number of ether oxygens (including phenoxy) is 3. The lowest BCUT2D eigenvalue weighted by Crippen LogP contribution is -2.46. The first-order chi connectivity index (χ1) is 16.5. The Bertz CT molecular complexity index is 1330. The number of para-hydroxylation sites is 1. The molecular formula is C26H22N2O6. The Hall–Kier alpha value is -4.33. The maximum atomic E-state index is 14.1. The highest BCUT2D eigenvalue weighted by atomic mass is 16.7. The minimum atomic E-state index is -1.67. The van der Waals surface area contributed by atoms with Crippen molar-refractivity contribution in [1.82, 2.24) is 0 Å². The molecule has 8 heteroatoms. The number of nitrogens with zero attached hydrogens (tertiary/aromatic N) is 1. The Labute approximate surface area is 196 Å². The quantitative estimate of drug-likeness (QED) is 0.565. The van der Waals surface area contributed by atoms with Crippen LogP contribution in [-0.2, 0) is 15.2 Å². The second-order valence-corrected chi connectivity index (χ2v) is 7.90. The molecule has 1 N–H and O–H groups in total. The van der Waals surface area contributed by atoms with E-state index in [-0.39, 0.29) is 11.5 Å². The highest BCUT2D eigenvalue weighted by Gasteiger charge is 2.63. The number of oxime groups is 1. The highest BCUT2D eigenvalue weighted by molar-refractivity contribution is 6.25. The van der Waals surface area contributed by atoms with E-state index in [0.29, 0.717) is 39.6 Å². The van der Waals surface area contributed by atoms with Gasteiger partial charge in [-0.05, 0) is 36.4 Å². The van der Waals surface area contributed by atoms with E-state index in [2.05, 4.69) is 10.5 Å². The number of rotatable bonds is 6. The van der Waals surface area contributed by atoms with Crippen molar-refractivity contribution in [3.8, 4) is 17.2 Å². The van der Waals surface area contributed by atoms with E-state index in [1.54, 1.807) is 73.8 Å². The van der Waals surface area contributed by atoms with Crippen molar-refractivity contribution >= 4 is 23.1 Å². The molecule has 0 bridgehead atoms. The number of carbonyl (C=O) groups is 2. The fraction of sp³-hybridized carbons (Fsp3) is 0.192. The molecule has 0 aromatic heterocycles. The second kappa shape index (κ2) is 8.22. The number of carbonyl (C=O) groups excluding carboxylic acids is 2. The Kier molecular flexibility index (Phi) is 5.20. The van der Waals surface area contributed by atoms with E-state index in [1.807, 2.05) is 0 Å². The number of amides is 1. The summed E-state index contributed by atoms with van der Waals surface area (Å²) in [5.41, 5.74) is 0.584. The van der Waals surface area contributed by atoms with E-state index in [1.165, 1.54) is 14.2 Å². The zero-order chi connectivity index (χ0) is 23.9. The number of benzene rings is 3. The number of fused-ring (bicyclic) bond motifs is 2. The van der Waals surface area contributed by atoms with Crippen LogP contribution in [0.15, 0.2) is 71.9 Å². The van der Waals surface area contributed by atoms with Crippen LogP contribution in [0.3, 0.4) is 0 Å². The number of ketones is 1. The third kappa shape index (κ3) is 3.10. The molecule has 2 heterocycles. The zero-order valence-electron chi connectivity index (χ0n) is 18.8. The Morgan fingerprint density at radius 2 is 1.71 bits per heavy atom. The van der Waals surface area contributed by atoms with Gasteiger partial charge < -0.3 is 24.4 Å². The van der Waals surface area contributed by atoms with Crippen LogP contribution in [0.2, 0.25) is 0 Å². The minimum Gasteiger partial charge on any atom is -0.497 e. The molecule has 2 atom stereocenters. The monoisotopic (exact) mass is 458 g/mol. The van der Waals surface area contributed by atoms with Crippen LogP contribution in [0.1, 0.15) is 21.5 Å². The second-order valence-electron chi connectivity index (χ2n) is 7.90. The van der Waals surface area contributed by atoms with Gasteiger partial charge in [0.15, 0.2) is 5.78 Å². The fourth-order valence-corrected chi connectivity index (χ4v) is 4.52. The van der Waals surface area contributed by atoms with Gasteiger partial charge in [0, 0.05) is 22.4 Å². The average Bonchev–Trinajstić information content (AvgIpc) is 3.42. The van der Waals surface area contributed by atoms with Gasteiger partial charge in [-0.1, -0.05) is 35.5 Å². The molecule has 34 heavy (non-hydrogen) atoms. The van der Waals surface area contributed by atoms with Gasteiger partial charge in [-0.3, -0.25) is 9.59 Å². The first-order valence-electron chi connectivity index (χ1n) is 10.6. The molecule has 2 aliphatic heterocycles. The summed E-state index contributed by atoms with van der Waals surface area (Å²) < 4.78 is 16.2. The van der Waals surface area contributed by atoms with Crippen LogP contribution in [0.4, 0.5) is 5.69 Å². The molecule has 0 aliphatic carbocycles. The molecule has 2 aliphatic rings. The smallest absolute Gasteiger partial charge is 0.277 e. The average molecular weight is 458 g/mol. The summed E-state index contributed by atoms with van der Waals surface area (Å²) in [6.07, 6.45) is 0. The van der Waals surface area contributed by atoms with Crippen molar-refractivity contribution in [2.45, 2.75) is 5.60 Å². The number of anilines is 1. The molecule has 3 aromatic rings. The Morgan fingerprint density at radius 1 is 0.941 bits per heavy atom. The molecule has 5 rings (SSSR count). The number of hydrogen-bond donors (Lipinski definition) is 1. The Balaban J connectivity index is 1.72. The van der Waals surface area contributed by atoms with Crippen LogP contribution in [0.5, 0.6) is 17.2 Å². The molecule has 3 aromatic carbocycles. The largest absolute Gasteiger partial charge is 0.497 e. The van der Waals surface area contributed by atoms with E-state index >= 15 is 0 Å². The molecule has 8 nitrogen and oxygen atoms in total. The highest BCUT2D eigenvalue weighted by Crippen LogP contribution is 2.50. The summed E-state index contributed by atoms with van der Waals surface area (Å²) in [6, 6.07) is 19.1. The van der Waals surface area contributed by atoms with Gasteiger partial charge >= 0.3 is 0 Å². The fourth-order valence-electron chi connectivity index (χ4n) is 4.52. The number of Topliss-reactive ketones (excluding diaryl/α,β-unsaturated/α-hetero) is 1. The van der Waals surface area contributed by atoms with Gasteiger partial charge in [-0.2, -0.15) is 0 Å². The standard InChI is InChI=1S/C26H22N2O6/c1-31-16-8-6-7-15(13-16)24(29)22-23(18-14-17(32-2)11-12-21(18)33-3)28-34-26(22)19-9-4-5-10-20(19)27-25(26)30/h4-14,22H,1-3H3,(H,27,30)/t22-,26-/m0/s1. The predicted molar refractivity (Wildman–Crippen MR) is 125 cm³/mol. The van der Waals surface area contributed by atoms with Crippen molar-refractivity contribution in [3.05, 3.63) is 83.4 Å². The van der Waals surface area contributed by atoms with E-state index in [4.69, 9.17) is 19.0 Å². The summed E-state index contributed by atoms with van der Waals surface area (Å²) in [5, 5.41) is 7.16. The molecule has 0 saturated carbocycles.